The molecule has 2 N–H and O–H groups in total. The third-order valence-electron chi connectivity index (χ3n) is 3.35. The van der Waals surface area contributed by atoms with Crippen LogP contribution in [0.3, 0.4) is 0 Å². The zero-order valence-corrected chi connectivity index (χ0v) is 13.7. The van der Waals surface area contributed by atoms with E-state index in [2.05, 4.69) is 9.97 Å². The number of nitrogens with two attached hydrogens (primary N) is 1. The first-order valence-electron chi connectivity index (χ1n) is 7.20. The molecular weight excluding hydrogens is 304 g/mol. The zero-order valence-electron chi connectivity index (χ0n) is 12.9. The lowest BCUT2D eigenvalue weighted by Gasteiger charge is -2.20. The second-order valence-electron chi connectivity index (χ2n) is 5.19. The molecule has 0 spiro atoms. The number of nitrogens with zero attached hydrogens (tertiary/aromatic N) is 3. The van der Waals surface area contributed by atoms with E-state index in [9.17, 15) is 9.59 Å². The smallest absolute Gasteiger partial charge is 0.343 e. The maximum atomic E-state index is 12.2. The Morgan fingerprint density at radius 1 is 1.59 bits per heavy atom. The Kier molecular flexibility index (Phi) is 5.23. The van der Waals surface area contributed by atoms with E-state index in [1.807, 2.05) is 18.7 Å². The second kappa shape index (κ2) is 6.95. The highest BCUT2D eigenvalue weighted by molar-refractivity contribution is 8.00. The van der Waals surface area contributed by atoms with Crippen molar-refractivity contribution in [2.75, 3.05) is 18.9 Å². The summed E-state index contributed by atoms with van der Waals surface area (Å²) in [7, 11) is 0. The van der Waals surface area contributed by atoms with Gasteiger partial charge in [-0.25, -0.2) is 14.8 Å². The lowest BCUT2D eigenvalue weighted by atomic mass is 10.3. The number of ether oxygens (including phenoxy) is 1. The van der Waals surface area contributed by atoms with Crippen molar-refractivity contribution in [2.45, 2.75) is 43.6 Å². The van der Waals surface area contributed by atoms with Crippen molar-refractivity contribution in [2.24, 2.45) is 0 Å². The number of carbonyl (C=O) groups excluding carboxylic acids is 2. The summed E-state index contributed by atoms with van der Waals surface area (Å²) >= 11 is 1.28. The quantitative estimate of drug-likeness (QED) is 0.644. The Bertz CT molecular complexity index is 579. The molecule has 1 fully saturated rings. The van der Waals surface area contributed by atoms with Crippen LogP contribution in [0, 0.1) is 0 Å². The van der Waals surface area contributed by atoms with E-state index < -0.39 is 5.97 Å². The fourth-order valence-corrected chi connectivity index (χ4v) is 3.20. The van der Waals surface area contributed by atoms with Crippen LogP contribution in [0.4, 0.5) is 5.82 Å². The summed E-state index contributed by atoms with van der Waals surface area (Å²) in [6, 6.07) is 0.190. The molecule has 1 atom stereocenters. The Morgan fingerprint density at radius 2 is 2.32 bits per heavy atom. The van der Waals surface area contributed by atoms with Crippen LogP contribution >= 0.6 is 11.8 Å². The monoisotopic (exact) mass is 324 g/mol. The van der Waals surface area contributed by atoms with Gasteiger partial charge in [0.15, 0.2) is 5.16 Å². The van der Waals surface area contributed by atoms with E-state index in [0.29, 0.717) is 5.16 Å². The van der Waals surface area contributed by atoms with Crippen LogP contribution in [0.2, 0.25) is 0 Å². The molecule has 0 aromatic carbocycles. The molecule has 0 bridgehead atoms. The van der Waals surface area contributed by atoms with Crippen LogP contribution in [0.15, 0.2) is 11.4 Å². The summed E-state index contributed by atoms with van der Waals surface area (Å²) in [6.07, 6.45) is 2.10. The third kappa shape index (κ3) is 3.49. The molecule has 2 rings (SSSR count). The molecule has 0 saturated carbocycles. The summed E-state index contributed by atoms with van der Waals surface area (Å²) in [6.45, 7) is 6.70. The summed E-state index contributed by atoms with van der Waals surface area (Å²) in [5.74, 6) is -0.377. The van der Waals surface area contributed by atoms with Crippen molar-refractivity contribution in [3.63, 3.8) is 0 Å². The second-order valence-corrected chi connectivity index (χ2v) is 6.36. The van der Waals surface area contributed by atoms with Gasteiger partial charge in [0.05, 0.1) is 11.9 Å². The molecule has 1 aliphatic rings. The minimum absolute atomic E-state index is 0.0714. The molecule has 0 aliphatic carbocycles. The molecule has 1 saturated heterocycles. The van der Waals surface area contributed by atoms with E-state index in [-0.39, 0.29) is 35.2 Å². The van der Waals surface area contributed by atoms with Gasteiger partial charge in [-0.2, -0.15) is 0 Å². The topological polar surface area (TPSA) is 98.4 Å². The molecule has 1 aromatic heterocycles. The van der Waals surface area contributed by atoms with Gasteiger partial charge in [-0.05, 0) is 27.2 Å². The Hall–Kier alpha value is -1.83. The van der Waals surface area contributed by atoms with Crippen LogP contribution in [-0.2, 0) is 9.53 Å². The van der Waals surface area contributed by atoms with E-state index in [4.69, 9.17) is 10.5 Å². The first kappa shape index (κ1) is 16.5. The van der Waals surface area contributed by atoms with Gasteiger partial charge in [-0.1, -0.05) is 11.8 Å². The molecule has 0 unspecified atom stereocenters. The van der Waals surface area contributed by atoms with Gasteiger partial charge in [-0.15, -0.1) is 0 Å². The average Bonchev–Trinajstić information content (AvgIpc) is 2.80. The summed E-state index contributed by atoms with van der Waals surface area (Å²) < 4.78 is 4.87. The normalized spacial score (nSPS) is 18.1. The highest BCUT2D eigenvalue weighted by Gasteiger charge is 2.34. The summed E-state index contributed by atoms with van der Waals surface area (Å²) in [5.41, 5.74) is 5.92. The highest BCUT2D eigenvalue weighted by Crippen LogP contribution is 2.30. The highest BCUT2D eigenvalue weighted by atomic mass is 32.2. The Labute approximate surface area is 133 Å². The number of likely N-dealkylation sites (tertiary alicyclic amines) is 1. The number of hydrogen-bond acceptors (Lipinski definition) is 7. The predicted octanol–water partition coefficient (Wildman–Crippen LogP) is 1.34. The van der Waals surface area contributed by atoms with Gasteiger partial charge in [0.1, 0.15) is 11.4 Å². The Morgan fingerprint density at radius 3 is 2.86 bits per heavy atom. The lowest BCUT2D eigenvalue weighted by molar-refractivity contribution is -0.128. The number of amides is 1. The van der Waals surface area contributed by atoms with Crippen molar-refractivity contribution < 1.29 is 14.3 Å². The fraction of sp³-hybridized carbons (Fsp3) is 0.571. The number of anilines is 1. The first-order valence-corrected chi connectivity index (χ1v) is 8.08. The van der Waals surface area contributed by atoms with Crippen LogP contribution in [-0.4, -0.2) is 51.2 Å². The van der Waals surface area contributed by atoms with Crippen LogP contribution < -0.4 is 5.73 Å². The Balaban J connectivity index is 2.07. The molecule has 1 amide bonds. The summed E-state index contributed by atoms with van der Waals surface area (Å²) in [4.78, 5) is 33.9. The number of rotatable bonds is 5. The SMILES string of the molecule is CCOC(=O)c1cnc(S[C@@H]2CCN(C(C)C)C2=O)nc1N. The van der Waals surface area contributed by atoms with E-state index in [1.54, 1.807) is 6.92 Å². The predicted molar refractivity (Wildman–Crippen MR) is 83.5 cm³/mol. The molecule has 1 aliphatic heterocycles. The van der Waals surface area contributed by atoms with Gasteiger partial charge in [0.25, 0.3) is 0 Å². The third-order valence-corrected chi connectivity index (χ3v) is 4.48. The molecule has 7 nitrogen and oxygen atoms in total. The molecular formula is C14H20N4O3S. The number of carbonyl (C=O) groups is 2. The first-order chi connectivity index (χ1) is 10.4. The number of aromatic nitrogens is 2. The van der Waals surface area contributed by atoms with Crippen molar-refractivity contribution in [3.8, 4) is 0 Å². The number of nitrogen functional groups attached to an aromatic ring is 1. The molecule has 1 aromatic rings. The summed E-state index contributed by atoms with van der Waals surface area (Å²) in [5, 5.41) is 0.199. The van der Waals surface area contributed by atoms with Crippen LogP contribution in [0.25, 0.3) is 0 Å². The molecule has 120 valence electrons. The van der Waals surface area contributed by atoms with Crippen molar-refractivity contribution in [3.05, 3.63) is 11.8 Å². The standard InChI is InChI=1S/C14H20N4O3S/c1-4-21-13(20)9-7-16-14(17-11(9)15)22-10-5-6-18(8(2)3)12(10)19/h7-8,10H,4-6H2,1-3H3,(H2,15,16,17)/t10-/m1/s1. The van der Waals surface area contributed by atoms with E-state index in [0.717, 1.165) is 13.0 Å². The minimum atomic E-state index is -0.542. The number of esters is 1. The van der Waals surface area contributed by atoms with E-state index >= 15 is 0 Å². The fourth-order valence-electron chi connectivity index (χ4n) is 2.23. The van der Waals surface area contributed by atoms with Crippen molar-refractivity contribution in [1.82, 2.24) is 14.9 Å². The maximum absolute atomic E-state index is 12.2. The average molecular weight is 324 g/mol. The van der Waals surface area contributed by atoms with Gasteiger partial charge >= 0.3 is 5.97 Å². The van der Waals surface area contributed by atoms with Gasteiger partial charge in [-0.3, -0.25) is 4.79 Å². The van der Waals surface area contributed by atoms with Gasteiger partial charge in [0.2, 0.25) is 5.91 Å². The van der Waals surface area contributed by atoms with Crippen LogP contribution in [0.1, 0.15) is 37.6 Å². The van der Waals surface area contributed by atoms with Gasteiger partial charge in [0, 0.05) is 18.8 Å². The number of thioether (sulfide) groups is 1. The van der Waals surface area contributed by atoms with Crippen molar-refractivity contribution in [1.29, 1.82) is 0 Å². The lowest BCUT2D eigenvalue weighted by Crippen LogP contribution is -2.34. The largest absolute Gasteiger partial charge is 0.462 e. The molecule has 22 heavy (non-hydrogen) atoms. The van der Waals surface area contributed by atoms with Gasteiger partial charge < -0.3 is 15.4 Å². The van der Waals surface area contributed by atoms with Crippen molar-refractivity contribution >= 4 is 29.5 Å². The molecule has 0 radical (unpaired) electrons. The number of hydrogen-bond donors (Lipinski definition) is 1. The minimum Gasteiger partial charge on any atom is -0.462 e. The van der Waals surface area contributed by atoms with E-state index in [1.165, 1.54) is 18.0 Å². The molecule has 2 heterocycles. The molecule has 8 heteroatoms. The maximum Gasteiger partial charge on any atom is 0.343 e. The van der Waals surface area contributed by atoms with Crippen LogP contribution in [0.5, 0.6) is 0 Å². The zero-order chi connectivity index (χ0) is 16.3.